The topological polar surface area (TPSA) is 35.2 Å². The second-order valence-corrected chi connectivity index (χ2v) is 4.67. The lowest BCUT2D eigenvalue weighted by Gasteiger charge is -2.18. The van der Waals surface area contributed by atoms with Crippen LogP contribution in [0.25, 0.3) is 0 Å². The number of benzene rings is 1. The molecule has 2 N–H and O–H groups in total. The molecule has 0 aromatic heterocycles. The standard InChI is InChI=1S/C13H18FNO/c1-8-3-4-10(6-12(8)14)13(15)11-5-9(2)16-7-11/h3-4,6,9,11,13H,5,7,15H2,1-2H3. The molecule has 3 heteroatoms. The van der Waals surface area contributed by atoms with E-state index in [1.807, 2.05) is 13.0 Å². The van der Waals surface area contributed by atoms with Gasteiger partial charge in [-0.1, -0.05) is 12.1 Å². The van der Waals surface area contributed by atoms with E-state index in [1.54, 1.807) is 19.1 Å². The molecule has 88 valence electrons. The molecular weight excluding hydrogens is 205 g/mol. The van der Waals surface area contributed by atoms with Crippen molar-refractivity contribution in [3.63, 3.8) is 0 Å². The molecule has 1 aromatic carbocycles. The molecule has 3 unspecified atom stereocenters. The Bertz CT molecular complexity index is 380. The van der Waals surface area contributed by atoms with Crippen molar-refractivity contribution in [3.8, 4) is 0 Å². The number of nitrogens with two attached hydrogens (primary N) is 1. The van der Waals surface area contributed by atoms with Crippen molar-refractivity contribution in [2.24, 2.45) is 11.7 Å². The summed E-state index contributed by atoms with van der Waals surface area (Å²) in [6.07, 6.45) is 1.22. The highest BCUT2D eigenvalue weighted by Gasteiger charge is 2.28. The van der Waals surface area contributed by atoms with E-state index in [-0.39, 0.29) is 18.0 Å². The normalized spacial score (nSPS) is 27.0. The zero-order chi connectivity index (χ0) is 11.7. The molecule has 1 fully saturated rings. The maximum absolute atomic E-state index is 13.4. The molecule has 1 aliphatic heterocycles. The minimum Gasteiger partial charge on any atom is -0.378 e. The lowest BCUT2D eigenvalue weighted by Crippen LogP contribution is -2.22. The molecule has 16 heavy (non-hydrogen) atoms. The van der Waals surface area contributed by atoms with Crippen LogP contribution in [0.1, 0.15) is 30.5 Å². The fourth-order valence-electron chi connectivity index (χ4n) is 2.19. The number of aryl methyl sites for hydroxylation is 1. The predicted molar refractivity (Wildman–Crippen MR) is 61.6 cm³/mol. The third-order valence-corrected chi connectivity index (χ3v) is 3.32. The zero-order valence-electron chi connectivity index (χ0n) is 9.74. The first-order valence-corrected chi connectivity index (χ1v) is 5.71. The van der Waals surface area contributed by atoms with Gasteiger partial charge in [0.2, 0.25) is 0 Å². The van der Waals surface area contributed by atoms with Crippen molar-refractivity contribution < 1.29 is 9.13 Å². The number of hydrogen-bond donors (Lipinski definition) is 1. The Hall–Kier alpha value is -0.930. The van der Waals surface area contributed by atoms with Crippen LogP contribution in [0, 0.1) is 18.7 Å². The van der Waals surface area contributed by atoms with Gasteiger partial charge in [-0.3, -0.25) is 0 Å². The Kier molecular flexibility index (Phi) is 3.26. The van der Waals surface area contributed by atoms with Crippen LogP contribution >= 0.6 is 0 Å². The first-order valence-electron chi connectivity index (χ1n) is 5.71. The third-order valence-electron chi connectivity index (χ3n) is 3.32. The molecule has 0 aliphatic carbocycles. The van der Waals surface area contributed by atoms with Gasteiger partial charge in [-0.05, 0) is 37.5 Å². The van der Waals surface area contributed by atoms with Crippen molar-refractivity contribution in [3.05, 3.63) is 35.1 Å². The van der Waals surface area contributed by atoms with Crippen LogP contribution in [0.3, 0.4) is 0 Å². The van der Waals surface area contributed by atoms with E-state index in [9.17, 15) is 4.39 Å². The summed E-state index contributed by atoms with van der Waals surface area (Å²) < 4.78 is 18.9. The smallest absolute Gasteiger partial charge is 0.126 e. The first-order chi connectivity index (χ1) is 7.58. The van der Waals surface area contributed by atoms with Crippen LogP contribution < -0.4 is 5.73 Å². The van der Waals surface area contributed by atoms with E-state index in [4.69, 9.17) is 10.5 Å². The van der Waals surface area contributed by atoms with E-state index in [1.165, 1.54) is 0 Å². The average molecular weight is 223 g/mol. The summed E-state index contributed by atoms with van der Waals surface area (Å²) in [5, 5.41) is 0. The molecule has 2 nitrogen and oxygen atoms in total. The summed E-state index contributed by atoms with van der Waals surface area (Å²) in [4.78, 5) is 0. The molecule has 2 rings (SSSR count). The van der Waals surface area contributed by atoms with Gasteiger partial charge in [-0.2, -0.15) is 0 Å². The second-order valence-electron chi connectivity index (χ2n) is 4.67. The molecule has 0 saturated carbocycles. The van der Waals surface area contributed by atoms with Gasteiger partial charge >= 0.3 is 0 Å². The van der Waals surface area contributed by atoms with Crippen molar-refractivity contribution in [2.75, 3.05) is 6.61 Å². The zero-order valence-corrected chi connectivity index (χ0v) is 9.74. The highest BCUT2D eigenvalue weighted by Crippen LogP contribution is 2.30. The molecule has 1 heterocycles. The van der Waals surface area contributed by atoms with Crippen LogP contribution in [0.4, 0.5) is 4.39 Å². The maximum atomic E-state index is 13.4. The first kappa shape index (κ1) is 11.6. The van der Waals surface area contributed by atoms with Crippen molar-refractivity contribution in [1.82, 2.24) is 0 Å². The maximum Gasteiger partial charge on any atom is 0.126 e. The largest absolute Gasteiger partial charge is 0.378 e. The van der Waals surface area contributed by atoms with E-state index in [2.05, 4.69) is 0 Å². The highest BCUT2D eigenvalue weighted by molar-refractivity contribution is 5.26. The summed E-state index contributed by atoms with van der Waals surface area (Å²) in [5.41, 5.74) is 7.66. The summed E-state index contributed by atoms with van der Waals surface area (Å²) in [6, 6.07) is 5.11. The lowest BCUT2D eigenvalue weighted by molar-refractivity contribution is 0.118. The second kappa shape index (κ2) is 4.52. The Labute approximate surface area is 95.6 Å². The van der Waals surface area contributed by atoms with E-state index in [0.717, 1.165) is 12.0 Å². The third kappa shape index (κ3) is 2.25. The Morgan fingerprint density at radius 2 is 2.25 bits per heavy atom. The fourth-order valence-corrected chi connectivity index (χ4v) is 2.19. The number of halogens is 1. The SMILES string of the molecule is Cc1ccc(C(N)C2COC(C)C2)cc1F. The van der Waals surface area contributed by atoms with Crippen LogP contribution in [-0.4, -0.2) is 12.7 Å². The van der Waals surface area contributed by atoms with Crippen molar-refractivity contribution in [2.45, 2.75) is 32.4 Å². The van der Waals surface area contributed by atoms with Gasteiger partial charge in [0.1, 0.15) is 5.82 Å². The minimum atomic E-state index is -0.181. The van der Waals surface area contributed by atoms with Crippen molar-refractivity contribution in [1.29, 1.82) is 0 Å². The fraction of sp³-hybridized carbons (Fsp3) is 0.538. The summed E-state index contributed by atoms with van der Waals surface area (Å²) in [6.45, 7) is 4.48. The van der Waals surface area contributed by atoms with E-state index < -0.39 is 0 Å². The Morgan fingerprint density at radius 3 is 2.81 bits per heavy atom. The van der Waals surface area contributed by atoms with Gasteiger partial charge < -0.3 is 10.5 Å². The van der Waals surface area contributed by atoms with Gasteiger partial charge in [-0.15, -0.1) is 0 Å². The van der Waals surface area contributed by atoms with Crippen LogP contribution in [0.15, 0.2) is 18.2 Å². The molecule has 3 atom stereocenters. The van der Waals surface area contributed by atoms with Crippen LogP contribution in [0.2, 0.25) is 0 Å². The Morgan fingerprint density at radius 1 is 1.50 bits per heavy atom. The van der Waals surface area contributed by atoms with Crippen molar-refractivity contribution >= 4 is 0 Å². The highest BCUT2D eigenvalue weighted by atomic mass is 19.1. The lowest BCUT2D eigenvalue weighted by atomic mass is 9.91. The molecule has 0 spiro atoms. The predicted octanol–water partition coefficient (Wildman–Crippen LogP) is 2.56. The number of rotatable bonds is 2. The summed E-state index contributed by atoms with van der Waals surface area (Å²) in [7, 11) is 0. The minimum absolute atomic E-state index is 0.125. The molecule has 0 radical (unpaired) electrons. The summed E-state index contributed by atoms with van der Waals surface area (Å²) >= 11 is 0. The van der Waals surface area contributed by atoms with E-state index >= 15 is 0 Å². The van der Waals surface area contributed by atoms with Crippen LogP contribution in [-0.2, 0) is 4.74 Å². The quantitative estimate of drug-likeness (QED) is 0.836. The number of ether oxygens (including phenoxy) is 1. The van der Waals surface area contributed by atoms with E-state index in [0.29, 0.717) is 18.1 Å². The molecular formula is C13H18FNO. The number of hydrogen-bond acceptors (Lipinski definition) is 2. The van der Waals surface area contributed by atoms with Gasteiger partial charge in [-0.25, -0.2) is 4.39 Å². The average Bonchev–Trinajstić information content (AvgIpc) is 2.68. The van der Waals surface area contributed by atoms with Gasteiger partial charge in [0.25, 0.3) is 0 Å². The molecule has 0 bridgehead atoms. The van der Waals surface area contributed by atoms with Gasteiger partial charge in [0, 0.05) is 12.0 Å². The molecule has 0 amide bonds. The van der Waals surface area contributed by atoms with Crippen LogP contribution in [0.5, 0.6) is 0 Å². The van der Waals surface area contributed by atoms with Gasteiger partial charge in [0.05, 0.1) is 12.7 Å². The monoisotopic (exact) mass is 223 g/mol. The Balaban J connectivity index is 2.14. The molecule has 1 aliphatic rings. The molecule has 1 saturated heterocycles. The van der Waals surface area contributed by atoms with Gasteiger partial charge in [0.15, 0.2) is 0 Å². The summed E-state index contributed by atoms with van der Waals surface area (Å²) in [5.74, 6) is 0.122. The molecule has 1 aromatic rings.